The fourth-order valence-corrected chi connectivity index (χ4v) is 3.00. The molecule has 0 aromatic rings. The molecule has 2 amide bonds. The van der Waals surface area contributed by atoms with Gasteiger partial charge in [-0.15, -0.1) is 0 Å². The molecule has 0 saturated carbocycles. The van der Waals surface area contributed by atoms with E-state index in [1.54, 1.807) is 20.8 Å². The highest BCUT2D eigenvalue weighted by Gasteiger charge is 2.46. The predicted octanol–water partition coefficient (Wildman–Crippen LogP) is 2.90. The van der Waals surface area contributed by atoms with Gasteiger partial charge in [0.05, 0.1) is 19.8 Å². The van der Waals surface area contributed by atoms with E-state index in [-0.39, 0.29) is 13.0 Å². The number of piperidine rings is 1. The van der Waals surface area contributed by atoms with Crippen molar-refractivity contribution in [2.75, 3.05) is 26.3 Å². The number of hydrogen-bond acceptors (Lipinski definition) is 3. The van der Waals surface area contributed by atoms with Crippen LogP contribution >= 0.6 is 0 Å². The molecule has 0 aliphatic carbocycles. The van der Waals surface area contributed by atoms with Crippen molar-refractivity contribution in [3.8, 4) is 0 Å². The Morgan fingerprint density at radius 3 is 2.39 bits per heavy atom. The standard InChI is InChI=1S/C15H25F3N2O3/c1-13(2,3)9-11(15(16,17)18)19-12(21)20-6-4-5-14(10-20)22-7-8-23-14/h11H,4-10H2,1-3H3,(H,19,21). The number of hydrogen-bond donors (Lipinski definition) is 1. The van der Waals surface area contributed by atoms with E-state index >= 15 is 0 Å². The molecule has 1 spiro atoms. The van der Waals surface area contributed by atoms with Crippen LogP contribution in [0.5, 0.6) is 0 Å². The van der Waals surface area contributed by atoms with Crippen molar-refractivity contribution in [2.24, 2.45) is 5.41 Å². The molecular weight excluding hydrogens is 313 g/mol. The predicted molar refractivity (Wildman–Crippen MR) is 77.9 cm³/mol. The molecule has 8 heteroatoms. The summed E-state index contributed by atoms with van der Waals surface area (Å²) in [6.45, 7) is 6.62. The van der Waals surface area contributed by atoms with Gasteiger partial charge in [0.1, 0.15) is 6.04 Å². The van der Waals surface area contributed by atoms with Crippen LogP contribution in [0.4, 0.5) is 18.0 Å². The number of rotatable bonds is 2. The van der Waals surface area contributed by atoms with Crippen LogP contribution in [0.3, 0.4) is 0 Å². The van der Waals surface area contributed by atoms with Gasteiger partial charge in [0.15, 0.2) is 5.79 Å². The largest absolute Gasteiger partial charge is 0.408 e. The van der Waals surface area contributed by atoms with E-state index in [0.717, 1.165) is 0 Å². The van der Waals surface area contributed by atoms with Crippen molar-refractivity contribution in [2.45, 2.75) is 58.0 Å². The Morgan fingerprint density at radius 2 is 1.87 bits per heavy atom. The maximum Gasteiger partial charge on any atom is 0.408 e. The fraction of sp³-hybridized carbons (Fsp3) is 0.933. The normalized spacial score (nSPS) is 23.1. The Morgan fingerprint density at radius 1 is 1.26 bits per heavy atom. The molecule has 2 heterocycles. The summed E-state index contributed by atoms with van der Waals surface area (Å²) in [6.07, 6.45) is -3.35. The molecule has 1 unspecified atom stereocenters. The summed E-state index contributed by atoms with van der Waals surface area (Å²) in [6, 6.07) is -2.58. The van der Waals surface area contributed by atoms with Crippen LogP contribution in [0, 0.1) is 5.41 Å². The van der Waals surface area contributed by atoms with Crippen LogP contribution in [0.1, 0.15) is 40.0 Å². The first kappa shape index (κ1) is 18.3. The van der Waals surface area contributed by atoms with Crippen LogP contribution < -0.4 is 5.32 Å². The molecule has 2 aliphatic heterocycles. The number of urea groups is 1. The first-order valence-corrected chi connectivity index (χ1v) is 7.91. The van der Waals surface area contributed by atoms with Crippen LogP contribution in [0.15, 0.2) is 0 Å². The molecule has 2 fully saturated rings. The number of likely N-dealkylation sites (tertiary alicyclic amines) is 1. The molecule has 5 nitrogen and oxygen atoms in total. The zero-order valence-electron chi connectivity index (χ0n) is 13.8. The van der Waals surface area contributed by atoms with Crippen molar-refractivity contribution in [1.82, 2.24) is 10.2 Å². The second-order valence-electron chi connectivity index (χ2n) is 7.44. The molecule has 0 bridgehead atoms. The third-order valence-corrected chi connectivity index (χ3v) is 4.03. The topological polar surface area (TPSA) is 50.8 Å². The van der Waals surface area contributed by atoms with E-state index in [0.29, 0.717) is 32.6 Å². The zero-order chi connectivity index (χ0) is 17.3. The SMILES string of the molecule is CC(C)(C)CC(NC(=O)N1CCCC2(C1)OCCO2)C(F)(F)F. The highest BCUT2D eigenvalue weighted by atomic mass is 19.4. The Bertz CT molecular complexity index is 429. The summed E-state index contributed by atoms with van der Waals surface area (Å²) in [5, 5.41) is 2.14. The summed E-state index contributed by atoms with van der Waals surface area (Å²) >= 11 is 0. The second-order valence-corrected chi connectivity index (χ2v) is 7.44. The lowest BCUT2D eigenvalue weighted by molar-refractivity contribution is -0.184. The lowest BCUT2D eigenvalue weighted by Crippen LogP contribution is -2.57. The van der Waals surface area contributed by atoms with Gasteiger partial charge in [0.2, 0.25) is 0 Å². The molecule has 23 heavy (non-hydrogen) atoms. The van der Waals surface area contributed by atoms with Crippen LogP contribution in [0.25, 0.3) is 0 Å². The van der Waals surface area contributed by atoms with Gasteiger partial charge in [-0.1, -0.05) is 20.8 Å². The summed E-state index contributed by atoms with van der Waals surface area (Å²) < 4.78 is 50.7. The Kier molecular flexibility index (Phi) is 5.15. The van der Waals surface area contributed by atoms with Gasteiger partial charge in [-0.25, -0.2) is 4.79 Å². The lowest BCUT2D eigenvalue weighted by Gasteiger charge is -2.39. The highest BCUT2D eigenvalue weighted by Crippen LogP contribution is 2.32. The number of alkyl halides is 3. The fourth-order valence-electron chi connectivity index (χ4n) is 3.00. The molecule has 0 radical (unpaired) electrons. The molecule has 134 valence electrons. The van der Waals surface area contributed by atoms with Crippen molar-refractivity contribution in [3.05, 3.63) is 0 Å². The van der Waals surface area contributed by atoms with Crippen molar-refractivity contribution < 1.29 is 27.4 Å². The summed E-state index contributed by atoms with van der Waals surface area (Å²) in [5.74, 6) is -0.840. The number of nitrogens with zero attached hydrogens (tertiary/aromatic N) is 1. The van der Waals surface area contributed by atoms with E-state index in [1.165, 1.54) is 4.90 Å². The van der Waals surface area contributed by atoms with E-state index < -0.39 is 29.5 Å². The second kappa shape index (κ2) is 6.47. The number of carbonyl (C=O) groups is 1. The first-order chi connectivity index (χ1) is 10.5. The summed E-state index contributed by atoms with van der Waals surface area (Å²) in [4.78, 5) is 13.6. The molecule has 2 aliphatic rings. The minimum atomic E-state index is -4.48. The van der Waals surface area contributed by atoms with Gasteiger partial charge in [-0.05, 0) is 18.3 Å². The number of ether oxygens (including phenoxy) is 2. The molecule has 2 rings (SSSR count). The van der Waals surface area contributed by atoms with Gasteiger partial charge >= 0.3 is 12.2 Å². The monoisotopic (exact) mass is 338 g/mol. The number of carbonyl (C=O) groups excluding carboxylic acids is 1. The van der Waals surface area contributed by atoms with Gasteiger partial charge in [-0.3, -0.25) is 0 Å². The minimum absolute atomic E-state index is 0.166. The Hall–Kier alpha value is -1.02. The number of nitrogens with one attached hydrogen (secondary N) is 1. The van der Waals surface area contributed by atoms with Crippen molar-refractivity contribution >= 4 is 6.03 Å². The Balaban J connectivity index is 2.00. The average Bonchev–Trinajstić information content (AvgIpc) is 2.83. The maximum atomic E-state index is 13.2. The van der Waals surface area contributed by atoms with Crippen LogP contribution in [-0.4, -0.2) is 55.2 Å². The molecule has 0 aromatic carbocycles. The third-order valence-electron chi connectivity index (χ3n) is 4.03. The highest BCUT2D eigenvalue weighted by molar-refractivity contribution is 5.74. The average molecular weight is 338 g/mol. The van der Waals surface area contributed by atoms with Gasteiger partial charge in [0, 0.05) is 13.0 Å². The van der Waals surface area contributed by atoms with E-state index in [1.807, 2.05) is 0 Å². The minimum Gasteiger partial charge on any atom is -0.346 e. The van der Waals surface area contributed by atoms with Crippen molar-refractivity contribution in [1.29, 1.82) is 0 Å². The number of halogens is 3. The van der Waals surface area contributed by atoms with E-state index in [9.17, 15) is 18.0 Å². The molecular formula is C15H25F3N2O3. The molecule has 1 atom stereocenters. The smallest absolute Gasteiger partial charge is 0.346 e. The number of amides is 2. The van der Waals surface area contributed by atoms with Gasteiger partial charge < -0.3 is 19.7 Å². The molecule has 0 aromatic heterocycles. The van der Waals surface area contributed by atoms with E-state index in [4.69, 9.17) is 9.47 Å². The quantitative estimate of drug-likeness (QED) is 0.842. The van der Waals surface area contributed by atoms with E-state index in [2.05, 4.69) is 5.32 Å². The van der Waals surface area contributed by atoms with Gasteiger partial charge in [-0.2, -0.15) is 13.2 Å². The first-order valence-electron chi connectivity index (χ1n) is 7.91. The van der Waals surface area contributed by atoms with Gasteiger partial charge in [0.25, 0.3) is 0 Å². The summed E-state index contributed by atoms with van der Waals surface area (Å²) in [5.41, 5.74) is -0.547. The summed E-state index contributed by atoms with van der Waals surface area (Å²) in [7, 11) is 0. The van der Waals surface area contributed by atoms with Crippen LogP contribution in [0.2, 0.25) is 0 Å². The zero-order valence-corrected chi connectivity index (χ0v) is 13.8. The lowest BCUT2D eigenvalue weighted by atomic mass is 9.88. The molecule has 2 saturated heterocycles. The maximum absolute atomic E-state index is 13.2. The molecule has 1 N–H and O–H groups in total. The third kappa shape index (κ3) is 4.97. The van der Waals surface area contributed by atoms with Crippen molar-refractivity contribution in [3.63, 3.8) is 0 Å². The Labute approximate surface area is 134 Å². The van der Waals surface area contributed by atoms with Crippen LogP contribution in [-0.2, 0) is 9.47 Å².